The summed E-state index contributed by atoms with van der Waals surface area (Å²) in [7, 11) is 0. The summed E-state index contributed by atoms with van der Waals surface area (Å²) < 4.78 is 0. The molecular formula is C15H30N2O3. The number of aliphatic carboxylic acids is 1. The molecule has 118 valence electrons. The third kappa shape index (κ3) is 7.48. The summed E-state index contributed by atoms with van der Waals surface area (Å²) in [5.41, 5.74) is -1.03. The second-order valence-electron chi connectivity index (χ2n) is 6.18. The Kier molecular flexibility index (Phi) is 8.46. The zero-order chi connectivity index (χ0) is 15.8. The first kappa shape index (κ1) is 18.9. The Morgan fingerprint density at radius 2 is 1.80 bits per heavy atom. The number of hydrogen-bond donors (Lipinski definition) is 3. The molecule has 0 fully saturated rings. The van der Waals surface area contributed by atoms with Crippen LogP contribution in [0.3, 0.4) is 0 Å². The van der Waals surface area contributed by atoms with E-state index in [4.69, 9.17) is 0 Å². The summed E-state index contributed by atoms with van der Waals surface area (Å²) in [6.07, 6.45) is 3.26. The molecule has 5 nitrogen and oxygen atoms in total. The van der Waals surface area contributed by atoms with E-state index in [9.17, 15) is 14.7 Å². The first-order chi connectivity index (χ1) is 9.21. The first-order valence-electron chi connectivity index (χ1n) is 7.49. The average Bonchev–Trinajstić information content (AvgIpc) is 2.34. The summed E-state index contributed by atoms with van der Waals surface area (Å²) in [6, 6.07) is 0.119. The number of carbonyl (C=O) groups excluding carboxylic acids is 1. The monoisotopic (exact) mass is 286 g/mol. The molecule has 0 aliphatic heterocycles. The van der Waals surface area contributed by atoms with Gasteiger partial charge in [0.25, 0.3) is 0 Å². The highest BCUT2D eigenvalue weighted by Gasteiger charge is 2.31. The maximum atomic E-state index is 11.8. The number of nitrogens with one attached hydrogen (secondary N) is 2. The second kappa shape index (κ2) is 8.95. The van der Waals surface area contributed by atoms with E-state index in [1.807, 2.05) is 13.8 Å². The van der Waals surface area contributed by atoms with Gasteiger partial charge in [-0.05, 0) is 39.0 Å². The molecule has 3 N–H and O–H groups in total. The molecule has 0 rings (SSSR count). The summed E-state index contributed by atoms with van der Waals surface area (Å²) in [6.45, 7) is 9.86. The first-order valence-corrected chi connectivity index (χ1v) is 7.49. The highest BCUT2D eigenvalue weighted by atomic mass is 16.4. The van der Waals surface area contributed by atoms with Gasteiger partial charge >= 0.3 is 5.97 Å². The van der Waals surface area contributed by atoms with Crippen molar-refractivity contribution in [1.29, 1.82) is 0 Å². The fourth-order valence-corrected chi connectivity index (χ4v) is 2.03. The van der Waals surface area contributed by atoms with Crippen LogP contribution in [0.15, 0.2) is 0 Å². The van der Waals surface area contributed by atoms with Gasteiger partial charge in [-0.25, -0.2) is 0 Å². The van der Waals surface area contributed by atoms with Gasteiger partial charge in [0.2, 0.25) is 5.91 Å². The Morgan fingerprint density at radius 3 is 2.25 bits per heavy atom. The largest absolute Gasteiger partial charge is 0.480 e. The van der Waals surface area contributed by atoms with Crippen molar-refractivity contribution in [3.05, 3.63) is 0 Å². The number of carbonyl (C=O) groups is 2. The Balaban J connectivity index is 4.17. The van der Waals surface area contributed by atoms with Crippen molar-refractivity contribution in [1.82, 2.24) is 10.6 Å². The lowest BCUT2D eigenvalue weighted by molar-refractivity contribution is -0.144. The number of rotatable bonds is 10. The molecule has 0 saturated carbocycles. The van der Waals surface area contributed by atoms with E-state index in [2.05, 4.69) is 24.5 Å². The van der Waals surface area contributed by atoms with Crippen LogP contribution < -0.4 is 10.6 Å². The van der Waals surface area contributed by atoms with Crippen molar-refractivity contribution in [2.45, 2.75) is 71.9 Å². The third-order valence-electron chi connectivity index (χ3n) is 3.45. The zero-order valence-electron chi connectivity index (χ0n) is 13.5. The highest BCUT2D eigenvalue weighted by Crippen LogP contribution is 2.12. The van der Waals surface area contributed by atoms with Crippen LogP contribution in [0.25, 0.3) is 0 Å². The molecule has 0 heterocycles. The quantitative estimate of drug-likeness (QED) is 0.575. The minimum atomic E-state index is -1.03. The van der Waals surface area contributed by atoms with Gasteiger partial charge in [0.1, 0.15) is 5.54 Å². The minimum absolute atomic E-state index is 0.0365. The van der Waals surface area contributed by atoms with Gasteiger partial charge in [-0.2, -0.15) is 0 Å². The molecule has 5 heteroatoms. The van der Waals surface area contributed by atoms with E-state index in [1.165, 1.54) is 0 Å². The van der Waals surface area contributed by atoms with E-state index in [0.29, 0.717) is 12.3 Å². The standard InChI is InChI=1S/C15H30N2O3/c1-6-9-15(5,14(19)20)16-10-13(18)17-12(4)8-7-11(2)3/h11-12,16H,6-10H2,1-5H3,(H,17,18)(H,19,20). The Hall–Kier alpha value is -1.10. The van der Waals surface area contributed by atoms with E-state index in [1.54, 1.807) is 6.92 Å². The second-order valence-corrected chi connectivity index (χ2v) is 6.18. The van der Waals surface area contributed by atoms with Gasteiger partial charge in [-0.3, -0.25) is 14.9 Å². The van der Waals surface area contributed by atoms with E-state index >= 15 is 0 Å². The lowest BCUT2D eigenvalue weighted by Crippen LogP contribution is -2.53. The summed E-state index contributed by atoms with van der Waals surface area (Å²) in [5.74, 6) is -0.447. The predicted octanol–water partition coefficient (Wildman–Crippen LogP) is 2.16. The van der Waals surface area contributed by atoms with E-state index < -0.39 is 11.5 Å². The normalized spacial score (nSPS) is 15.7. The summed E-state index contributed by atoms with van der Waals surface area (Å²) >= 11 is 0. The number of carboxylic acid groups (broad SMARTS) is 1. The molecule has 1 amide bonds. The van der Waals surface area contributed by atoms with Gasteiger partial charge in [0, 0.05) is 6.04 Å². The molecule has 0 saturated heterocycles. The number of amides is 1. The van der Waals surface area contributed by atoms with Crippen LogP contribution in [-0.2, 0) is 9.59 Å². The lowest BCUT2D eigenvalue weighted by atomic mass is 9.96. The van der Waals surface area contributed by atoms with Crippen molar-refractivity contribution < 1.29 is 14.7 Å². The molecule has 0 aromatic rings. The number of hydrogen-bond acceptors (Lipinski definition) is 3. The molecular weight excluding hydrogens is 256 g/mol. The van der Waals surface area contributed by atoms with Gasteiger partial charge in [0.05, 0.1) is 6.54 Å². The van der Waals surface area contributed by atoms with Crippen molar-refractivity contribution in [2.24, 2.45) is 5.92 Å². The third-order valence-corrected chi connectivity index (χ3v) is 3.45. The molecule has 0 aromatic heterocycles. The molecule has 0 radical (unpaired) electrons. The minimum Gasteiger partial charge on any atom is -0.480 e. The van der Waals surface area contributed by atoms with Crippen LogP contribution in [0.2, 0.25) is 0 Å². The maximum absolute atomic E-state index is 11.8. The van der Waals surface area contributed by atoms with E-state index in [0.717, 1.165) is 19.3 Å². The van der Waals surface area contributed by atoms with Gasteiger partial charge < -0.3 is 10.4 Å². The Labute approximate surface area is 122 Å². The van der Waals surface area contributed by atoms with Gasteiger partial charge in [-0.1, -0.05) is 27.2 Å². The van der Waals surface area contributed by atoms with Crippen molar-refractivity contribution >= 4 is 11.9 Å². The van der Waals surface area contributed by atoms with Crippen molar-refractivity contribution in [3.8, 4) is 0 Å². The molecule has 2 atom stereocenters. The summed E-state index contributed by atoms with van der Waals surface area (Å²) in [4.78, 5) is 23.0. The van der Waals surface area contributed by atoms with Crippen molar-refractivity contribution in [2.75, 3.05) is 6.54 Å². The van der Waals surface area contributed by atoms with Crippen LogP contribution in [0.5, 0.6) is 0 Å². The molecule has 20 heavy (non-hydrogen) atoms. The van der Waals surface area contributed by atoms with Crippen LogP contribution in [0.1, 0.15) is 60.3 Å². The molecule has 0 bridgehead atoms. The van der Waals surface area contributed by atoms with Crippen LogP contribution in [0, 0.1) is 5.92 Å². The SMILES string of the molecule is CCCC(C)(NCC(=O)NC(C)CCC(C)C)C(=O)O. The fourth-order valence-electron chi connectivity index (χ4n) is 2.03. The fraction of sp³-hybridized carbons (Fsp3) is 0.867. The molecule has 0 aliphatic carbocycles. The van der Waals surface area contributed by atoms with Crippen molar-refractivity contribution in [3.63, 3.8) is 0 Å². The van der Waals surface area contributed by atoms with E-state index in [-0.39, 0.29) is 18.5 Å². The molecule has 0 spiro atoms. The molecule has 0 aromatic carbocycles. The highest BCUT2D eigenvalue weighted by molar-refractivity contribution is 5.82. The smallest absolute Gasteiger partial charge is 0.323 e. The topological polar surface area (TPSA) is 78.4 Å². The number of carboxylic acids is 1. The Morgan fingerprint density at radius 1 is 1.20 bits per heavy atom. The average molecular weight is 286 g/mol. The molecule has 0 aliphatic rings. The zero-order valence-corrected chi connectivity index (χ0v) is 13.5. The van der Waals surface area contributed by atoms with Crippen LogP contribution in [-0.4, -0.2) is 35.1 Å². The van der Waals surface area contributed by atoms with Crippen LogP contribution in [0.4, 0.5) is 0 Å². The summed E-state index contributed by atoms with van der Waals surface area (Å²) in [5, 5.41) is 15.0. The predicted molar refractivity (Wildman–Crippen MR) is 80.6 cm³/mol. The lowest BCUT2D eigenvalue weighted by Gasteiger charge is -2.26. The van der Waals surface area contributed by atoms with Crippen LogP contribution >= 0.6 is 0 Å². The molecule has 2 unspecified atom stereocenters. The maximum Gasteiger partial charge on any atom is 0.323 e. The Bertz CT molecular complexity index is 318. The van der Waals surface area contributed by atoms with Gasteiger partial charge in [-0.15, -0.1) is 0 Å². The van der Waals surface area contributed by atoms with Gasteiger partial charge in [0.15, 0.2) is 0 Å².